The molecule has 4 nitrogen and oxygen atoms in total. The fourth-order valence-corrected chi connectivity index (χ4v) is 2.53. The number of rotatable bonds is 3. The minimum absolute atomic E-state index is 0.0622. The molecule has 24 heavy (non-hydrogen) atoms. The van der Waals surface area contributed by atoms with Gasteiger partial charge in [-0.15, -0.1) is 0 Å². The molecular formula is C17H9ClF2N2O2. The van der Waals surface area contributed by atoms with Crippen LogP contribution in [-0.2, 0) is 6.61 Å². The monoisotopic (exact) mass is 346 g/mol. The van der Waals surface area contributed by atoms with Crippen molar-refractivity contribution in [3.8, 4) is 11.9 Å². The van der Waals surface area contributed by atoms with Gasteiger partial charge in [0.1, 0.15) is 29.9 Å². The van der Waals surface area contributed by atoms with E-state index in [1.165, 1.54) is 24.3 Å². The molecule has 0 saturated heterocycles. The summed E-state index contributed by atoms with van der Waals surface area (Å²) in [6.07, 6.45) is 0. The molecule has 0 aliphatic heterocycles. The molecule has 1 aromatic heterocycles. The van der Waals surface area contributed by atoms with Gasteiger partial charge < -0.3 is 4.74 Å². The number of fused-ring (bicyclic) bond motifs is 1. The highest BCUT2D eigenvalue weighted by Crippen LogP contribution is 2.27. The van der Waals surface area contributed by atoms with Crippen molar-refractivity contribution in [1.82, 2.24) is 4.98 Å². The number of nitrogens with zero attached hydrogens (tertiary/aromatic N) is 1. The molecule has 3 aromatic rings. The second kappa shape index (κ2) is 6.30. The Morgan fingerprint density at radius 3 is 2.71 bits per heavy atom. The van der Waals surface area contributed by atoms with Crippen LogP contribution in [0, 0.1) is 23.0 Å². The highest BCUT2D eigenvalue weighted by Gasteiger charge is 2.14. The van der Waals surface area contributed by atoms with Crippen molar-refractivity contribution in [3.63, 3.8) is 0 Å². The van der Waals surface area contributed by atoms with E-state index in [1.807, 2.05) is 0 Å². The first-order valence-electron chi connectivity index (χ1n) is 6.82. The second-order valence-corrected chi connectivity index (χ2v) is 5.36. The van der Waals surface area contributed by atoms with Crippen LogP contribution in [0.5, 0.6) is 5.88 Å². The Bertz CT molecular complexity index is 1020. The smallest absolute Gasteiger partial charge is 0.269 e. The second-order valence-electron chi connectivity index (χ2n) is 4.95. The van der Waals surface area contributed by atoms with E-state index in [0.717, 1.165) is 12.1 Å². The molecule has 3 rings (SSSR count). The predicted octanol–water partition coefficient (Wildman–Crippen LogP) is 3.91. The lowest BCUT2D eigenvalue weighted by Crippen LogP contribution is -2.13. The first-order valence-corrected chi connectivity index (χ1v) is 7.20. The maximum atomic E-state index is 13.8. The van der Waals surface area contributed by atoms with Crippen molar-refractivity contribution in [2.45, 2.75) is 6.61 Å². The fraction of sp³-hybridized carbons (Fsp3) is 0.0588. The van der Waals surface area contributed by atoms with E-state index in [4.69, 9.17) is 21.6 Å². The lowest BCUT2D eigenvalue weighted by atomic mass is 10.1. The van der Waals surface area contributed by atoms with Crippen LogP contribution >= 0.6 is 11.6 Å². The number of H-pyrrole nitrogens is 1. The zero-order valence-electron chi connectivity index (χ0n) is 12.1. The minimum atomic E-state index is -0.675. The van der Waals surface area contributed by atoms with Crippen LogP contribution in [0.15, 0.2) is 41.2 Å². The summed E-state index contributed by atoms with van der Waals surface area (Å²) in [7, 11) is 0. The van der Waals surface area contributed by atoms with Gasteiger partial charge in [-0.25, -0.2) is 8.78 Å². The molecule has 0 aliphatic rings. The van der Waals surface area contributed by atoms with Crippen LogP contribution in [0.25, 0.3) is 10.8 Å². The zero-order valence-corrected chi connectivity index (χ0v) is 12.8. The Balaban J connectivity index is 2.09. The molecule has 0 radical (unpaired) electrons. The number of benzene rings is 2. The minimum Gasteiger partial charge on any atom is -0.473 e. The highest BCUT2D eigenvalue weighted by molar-refractivity contribution is 6.31. The van der Waals surface area contributed by atoms with Crippen molar-refractivity contribution in [2.24, 2.45) is 0 Å². The topological polar surface area (TPSA) is 65.9 Å². The number of ether oxygens (including phenoxy) is 1. The zero-order chi connectivity index (χ0) is 17.3. The van der Waals surface area contributed by atoms with Gasteiger partial charge in [0.05, 0.1) is 5.02 Å². The molecule has 0 fully saturated rings. The molecule has 0 saturated carbocycles. The molecule has 0 unspecified atom stereocenters. The van der Waals surface area contributed by atoms with Gasteiger partial charge >= 0.3 is 0 Å². The van der Waals surface area contributed by atoms with Crippen LogP contribution < -0.4 is 10.3 Å². The predicted molar refractivity (Wildman–Crippen MR) is 85.0 cm³/mol. The van der Waals surface area contributed by atoms with E-state index in [9.17, 15) is 13.6 Å². The molecule has 7 heteroatoms. The maximum absolute atomic E-state index is 13.8. The molecule has 1 heterocycles. The van der Waals surface area contributed by atoms with Crippen molar-refractivity contribution in [2.75, 3.05) is 0 Å². The molecule has 120 valence electrons. The molecule has 2 aromatic carbocycles. The van der Waals surface area contributed by atoms with Crippen LogP contribution in [0.4, 0.5) is 8.78 Å². The van der Waals surface area contributed by atoms with Crippen molar-refractivity contribution >= 4 is 22.4 Å². The summed E-state index contributed by atoms with van der Waals surface area (Å²) in [5.74, 6) is -1.19. The number of aromatic amines is 1. The van der Waals surface area contributed by atoms with Crippen molar-refractivity contribution in [3.05, 3.63) is 74.5 Å². The number of aromatic nitrogens is 1. The van der Waals surface area contributed by atoms with Crippen LogP contribution in [0.3, 0.4) is 0 Å². The maximum Gasteiger partial charge on any atom is 0.269 e. The number of pyridine rings is 1. The van der Waals surface area contributed by atoms with E-state index < -0.39 is 17.2 Å². The molecular weight excluding hydrogens is 338 g/mol. The Kier molecular flexibility index (Phi) is 4.19. The van der Waals surface area contributed by atoms with E-state index >= 15 is 0 Å². The van der Waals surface area contributed by atoms with Gasteiger partial charge in [-0.3, -0.25) is 9.78 Å². The van der Waals surface area contributed by atoms with Gasteiger partial charge in [0, 0.05) is 16.3 Å². The summed E-state index contributed by atoms with van der Waals surface area (Å²) in [5, 5.41) is 9.71. The number of hydrogen-bond donors (Lipinski definition) is 1. The first-order chi connectivity index (χ1) is 11.5. The summed E-state index contributed by atoms with van der Waals surface area (Å²) < 4.78 is 32.8. The summed E-state index contributed by atoms with van der Waals surface area (Å²) >= 11 is 5.92. The van der Waals surface area contributed by atoms with Gasteiger partial charge in [0.15, 0.2) is 0 Å². The first kappa shape index (κ1) is 16.0. The summed E-state index contributed by atoms with van der Waals surface area (Å²) in [5.41, 5.74) is -0.721. The molecule has 0 aliphatic carbocycles. The summed E-state index contributed by atoms with van der Waals surface area (Å²) in [4.78, 5) is 14.3. The largest absolute Gasteiger partial charge is 0.473 e. The molecule has 0 spiro atoms. The number of nitrogens with one attached hydrogen (secondary N) is 1. The standard InChI is InChI=1S/C17H9ClF2N2O2/c18-14-2-1-3-15(20)13(14)8-24-17-11-6-9(19)4-5-10(11)12(7-21)16(23)22-17/h1-6H,8H2,(H,22,23). The Labute approximate surface area is 139 Å². The average Bonchev–Trinajstić information content (AvgIpc) is 2.54. The van der Waals surface area contributed by atoms with Gasteiger partial charge in [0.2, 0.25) is 5.88 Å². The van der Waals surface area contributed by atoms with Gasteiger partial charge in [-0.1, -0.05) is 17.7 Å². The number of nitriles is 1. The fourth-order valence-electron chi connectivity index (χ4n) is 2.32. The summed E-state index contributed by atoms with van der Waals surface area (Å²) in [6, 6.07) is 9.55. The Hall–Kier alpha value is -2.91. The van der Waals surface area contributed by atoms with Crippen LogP contribution in [-0.4, -0.2) is 4.98 Å². The lowest BCUT2D eigenvalue weighted by molar-refractivity contribution is 0.291. The van der Waals surface area contributed by atoms with Gasteiger partial charge in [0.25, 0.3) is 5.56 Å². The normalized spacial score (nSPS) is 10.6. The highest BCUT2D eigenvalue weighted by atomic mass is 35.5. The quantitative estimate of drug-likeness (QED) is 0.782. The molecule has 1 N–H and O–H groups in total. The molecule has 0 atom stereocenters. The number of hydrogen-bond acceptors (Lipinski definition) is 3. The van der Waals surface area contributed by atoms with E-state index in [-0.39, 0.29) is 39.4 Å². The van der Waals surface area contributed by atoms with Crippen LogP contribution in [0.2, 0.25) is 5.02 Å². The average molecular weight is 347 g/mol. The van der Waals surface area contributed by atoms with Gasteiger partial charge in [-0.05, 0) is 30.3 Å². The Morgan fingerprint density at radius 1 is 1.21 bits per heavy atom. The van der Waals surface area contributed by atoms with Crippen molar-refractivity contribution in [1.29, 1.82) is 5.26 Å². The molecule has 0 bridgehead atoms. The van der Waals surface area contributed by atoms with Gasteiger partial charge in [-0.2, -0.15) is 5.26 Å². The summed E-state index contributed by atoms with van der Waals surface area (Å²) in [6.45, 7) is -0.265. The lowest BCUT2D eigenvalue weighted by Gasteiger charge is -2.11. The number of halogens is 3. The van der Waals surface area contributed by atoms with Crippen molar-refractivity contribution < 1.29 is 13.5 Å². The van der Waals surface area contributed by atoms with E-state index in [1.54, 1.807) is 6.07 Å². The third kappa shape index (κ3) is 2.82. The SMILES string of the molecule is N#Cc1c(=O)[nH]c(OCc2c(F)cccc2Cl)c2cc(F)ccc12. The third-order valence-corrected chi connectivity index (χ3v) is 3.84. The van der Waals surface area contributed by atoms with Crippen LogP contribution in [0.1, 0.15) is 11.1 Å². The molecule has 0 amide bonds. The van der Waals surface area contributed by atoms with E-state index in [2.05, 4.69) is 4.98 Å². The Morgan fingerprint density at radius 2 is 2.00 bits per heavy atom. The van der Waals surface area contributed by atoms with E-state index in [0.29, 0.717) is 0 Å². The third-order valence-electron chi connectivity index (χ3n) is 3.48.